The maximum atomic E-state index is 8.34. The van der Waals surface area contributed by atoms with Crippen LogP contribution in [0.5, 0.6) is 0 Å². The van der Waals surface area contributed by atoms with Crippen LogP contribution in [0.25, 0.3) is 0 Å². The van der Waals surface area contributed by atoms with Crippen LogP contribution in [0.15, 0.2) is 0 Å². The first-order valence-electron chi connectivity index (χ1n) is 0.204. The van der Waals surface area contributed by atoms with Gasteiger partial charge in [-0.15, -0.1) is 0 Å². The van der Waals surface area contributed by atoms with Gasteiger partial charge in [-0.2, -0.15) is 0 Å². The summed E-state index contributed by atoms with van der Waals surface area (Å²) in [5.74, 6) is 0. The third-order valence-electron chi connectivity index (χ3n) is 0. The summed E-state index contributed by atoms with van der Waals surface area (Å²) in [6.45, 7) is 0. The molecular weight excluding hydrogens is 430 g/mol. The SMILES string of the molecule is [In].[O]=[Sn].[Ta]. The van der Waals surface area contributed by atoms with E-state index in [2.05, 4.69) is 0 Å². The molecule has 0 amide bonds. The molecule has 6 radical (unpaired) electrons. The molecule has 0 aliphatic rings. The topological polar surface area (TPSA) is 17.1 Å². The van der Waals surface area contributed by atoms with Crippen molar-refractivity contribution in [3.05, 3.63) is 0 Å². The maximum absolute atomic E-state index is 8.34. The Labute approximate surface area is 72.7 Å². The normalized spacial score (nSPS) is 1.00. The van der Waals surface area contributed by atoms with Crippen LogP contribution in [0.1, 0.15) is 0 Å². The molecule has 0 rings (SSSR count). The van der Waals surface area contributed by atoms with Gasteiger partial charge in [-0.1, -0.05) is 0 Å². The van der Waals surface area contributed by atoms with Crippen LogP contribution in [-0.2, 0) is 25.5 Å². The molecule has 0 saturated heterocycles. The predicted molar refractivity (Wildman–Crippen MR) is 12.2 cm³/mol. The molecule has 0 atom stereocenters. The van der Waals surface area contributed by atoms with Gasteiger partial charge in [0.1, 0.15) is 0 Å². The Morgan fingerprint density at radius 1 is 1.25 bits per heavy atom. The van der Waals surface area contributed by atoms with Crippen LogP contribution in [0.4, 0.5) is 0 Å². The Morgan fingerprint density at radius 2 is 1.25 bits per heavy atom. The third-order valence-corrected chi connectivity index (χ3v) is 0. The molecule has 0 heterocycles. The van der Waals surface area contributed by atoms with Crippen molar-refractivity contribution < 1.29 is 25.5 Å². The molecular formula is InOSnTa. The van der Waals surface area contributed by atoms with Gasteiger partial charge in [0, 0.05) is 48.2 Å². The molecule has 18 valence electrons. The van der Waals surface area contributed by atoms with Gasteiger partial charge in [0.2, 0.25) is 0 Å². The Balaban J connectivity index is -0.00000000500. The van der Waals surface area contributed by atoms with Crippen molar-refractivity contribution in [3.8, 4) is 0 Å². The molecule has 0 unspecified atom stereocenters. The molecule has 0 N–H and O–H groups in total. The van der Waals surface area contributed by atoms with Crippen LogP contribution in [-0.4, -0.2) is 48.4 Å². The monoisotopic (exact) mass is 432 g/mol. The molecule has 0 aromatic heterocycles. The molecule has 0 fully saturated rings. The number of rotatable bonds is 0. The summed E-state index contributed by atoms with van der Waals surface area (Å²) in [6, 6.07) is 0. The van der Waals surface area contributed by atoms with Gasteiger partial charge in [-0.05, 0) is 0 Å². The molecule has 0 spiro atoms. The molecule has 0 aromatic rings. The molecule has 4 heteroatoms. The smallest absolute Gasteiger partial charge is 0 e. The van der Waals surface area contributed by atoms with E-state index in [4.69, 9.17) is 3.08 Å². The van der Waals surface area contributed by atoms with E-state index in [1.165, 1.54) is 0 Å². The van der Waals surface area contributed by atoms with Crippen LogP contribution in [0.3, 0.4) is 0 Å². The second-order valence-electron chi connectivity index (χ2n) is 0. The van der Waals surface area contributed by atoms with E-state index in [-0.39, 0.29) is 48.2 Å². The van der Waals surface area contributed by atoms with E-state index < -0.39 is 0 Å². The molecule has 0 bridgehead atoms. The van der Waals surface area contributed by atoms with E-state index in [0.29, 0.717) is 22.5 Å². The summed E-state index contributed by atoms with van der Waals surface area (Å²) in [5, 5.41) is 0. The second-order valence-corrected chi connectivity index (χ2v) is 0. The summed E-state index contributed by atoms with van der Waals surface area (Å²) < 4.78 is 8.34. The Hall–Kier alpha value is 2.21. The number of hydrogen-bond donors (Lipinski definition) is 0. The fourth-order valence-electron chi connectivity index (χ4n) is 0. The quantitative estimate of drug-likeness (QED) is 0.456. The van der Waals surface area contributed by atoms with Crippen molar-refractivity contribution >= 4 is 48.4 Å². The van der Waals surface area contributed by atoms with Gasteiger partial charge < -0.3 is 0 Å². The first-order valence-corrected chi connectivity index (χ1v) is 1.37. The molecule has 4 heavy (non-hydrogen) atoms. The minimum Gasteiger partial charge on any atom is 0 e. The fourth-order valence-corrected chi connectivity index (χ4v) is 0. The van der Waals surface area contributed by atoms with Gasteiger partial charge >= 0.3 is 25.6 Å². The van der Waals surface area contributed by atoms with Crippen molar-refractivity contribution in [2.75, 3.05) is 0 Å². The van der Waals surface area contributed by atoms with E-state index in [9.17, 15) is 0 Å². The molecule has 0 aromatic carbocycles. The molecule has 0 saturated carbocycles. The van der Waals surface area contributed by atoms with Crippen LogP contribution >= 0.6 is 0 Å². The zero-order valence-corrected chi connectivity index (χ0v) is 11.3. The van der Waals surface area contributed by atoms with E-state index >= 15 is 0 Å². The van der Waals surface area contributed by atoms with E-state index in [1.54, 1.807) is 0 Å². The van der Waals surface area contributed by atoms with Gasteiger partial charge in [-0.3, -0.25) is 0 Å². The zero-order chi connectivity index (χ0) is 2.00. The molecule has 0 aliphatic carbocycles. The Kier molecular flexibility index (Phi) is 77.3. The van der Waals surface area contributed by atoms with Gasteiger partial charge in [0.05, 0.1) is 0 Å². The fraction of sp³-hybridized carbons (Fsp3) is 0. The number of hydrogen-bond acceptors (Lipinski definition) is 1. The minimum absolute atomic E-state index is 0. The van der Waals surface area contributed by atoms with Crippen LogP contribution < -0.4 is 0 Å². The minimum atomic E-state index is 0. The van der Waals surface area contributed by atoms with Crippen molar-refractivity contribution in [1.82, 2.24) is 0 Å². The Morgan fingerprint density at radius 3 is 1.25 bits per heavy atom. The summed E-state index contributed by atoms with van der Waals surface area (Å²) in [5.41, 5.74) is 0. The first kappa shape index (κ1) is 16.4. The van der Waals surface area contributed by atoms with E-state index in [0.717, 1.165) is 0 Å². The largest absolute Gasteiger partial charge is 0 e. The van der Waals surface area contributed by atoms with Crippen molar-refractivity contribution in [2.24, 2.45) is 0 Å². The predicted octanol–water partition coefficient (Wildman–Crippen LogP) is -0.883. The molecule has 1 nitrogen and oxygen atoms in total. The average molecular weight is 430 g/mol. The molecule has 0 aliphatic heterocycles. The van der Waals surface area contributed by atoms with Crippen LogP contribution in [0.2, 0.25) is 0 Å². The van der Waals surface area contributed by atoms with Gasteiger partial charge in [0.25, 0.3) is 0 Å². The van der Waals surface area contributed by atoms with E-state index in [1.807, 2.05) is 0 Å². The first-order chi connectivity index (χ1) is 1.00. The average Bonchev–Trinajstić information content (AvgIpc) is 1.00. The van der Waals surface area contributed by atoms with Crippen molar-refractivity contribution in [3.63, 3.8) is 0 Å². The summed E-state index contributed by atoms with van der Waals surface area (Å²) in [4.78, 5) is 0. The van der Waals surface area contributed by atoms with Gasteiger partial charge in [0.15, 0.2) is 0 Å². The van der Waals surface area contributed by atoms with Gasteiger partial charge in [-0.25, -0.2) is 0 Å². The summed E-state index contributed by atoms with van der Waals surface area (Å²) in [6.07, 6.45) is 0. The summed E-state index contributed by atoms with van der Waals surface area (Å²) >= 11 is 0.300. The standard InChI is InChI=1S/In.O.Sn.Ta. The second kappa shape index (κ2) is 18.9. The van der Waals surface area contributed by atoms with Crippen LogP contribution in [0, 0.1) is 0 Å². The van der Waals surface area contributed by atoms with Crippen molar-refractivity contribution in [2.45, 2.75) is 0 Å². The third kappa shape index (κ3) is 8.88. The van der Waals surface area contributed by atoms with Crippen molar-refractivity contribution in [1.29, 1.82) is 0 Å². The summed E-state index contributed by atoms with van der Waals surface area (Å²) in [7, 11) is 0. The Bertz CT molecular complexity index is 8.00. The zero-order valence-electron chi connectivity index (χ0n) is 1.93. The maximum Gasteiger partial charge on any atom is 0 e.